The lowest BCUT2D eigenvalue weighted by Crippen LogP contribution is -2.41. The zero-order chi connectivity index (χ0) is 14.1. The average molecular weight is 271 g/mol. The van der Waals surface area contributed by atoms with Crippen LogP contribution >= 0.6 is 0 Å². The zero-order valence-corrected chi connectivity index (χ0v) is 12.7. The Morgan fingerprint density at radius 2 is 2.26 bits per heavy atom. The number of carbonyl (C=O) groups is 1. The Morgan fingerprint density at radius 1 is 1.47 bits per heavy atom. The molecule has 19 heavy (non-hydrogen) atoms. The van der Waals surface area contributed by atoms with E-state index in [1.54, 1.807) is 12.0 Å². The molecule has 1 fully saturated rings. The Morgan fingerprint density at radius 3 is 2.95 bits per heavy atom. The largest absolute Gasteiger partial charge is 0.383 e. The highest BCUT2D eigenvalue weighted by Crippen LogP contribution is 2.15. The summed E-state index contributed by atoms with van der Waals surface area (Å²) in [4.78, 5) is 15.7. The molecule has 0 spiro atoms. The van der Waals surface area contributed by atoms with Gasteiger partial charge in [0.25, 0.3) is 0 Å². The number of nitrogens with zero attached hydrogens (tertiary/aromatic N) is 2. The quantitative estimate of drug-likeness (QED) is 0.650. The Bertz CT molecular complexity index is 259. The van der Waals surface area contributed by atoms with Gasteiger partial charge < -0.3 is 19.9 Å². The summed E-state index contributed by atoms with van der Waals surface area (Å²) >= 11 is 0. The molecule has 0 radical (unpaired) electrons. The predicted molar refractivity (Wildman–Crippen MR) is 77.2 cm³/mol. The molecule has 1 unspecified atom stereocenters. The molecule has 0 saturated carbocycles. The van der Waals surface area contributed by atoms with Crippen molar-refractivity contribution in [2.24, 2.45) is 5.92 Å². The third kappa shape index (κ3) is 6.89. The van der Waals surface area contributed by atoms with E-state index >= 15 is 0 Å². The summed E-state index contributed by atoms with van der Waals surface area (Å²) in [6.45, 7) is 5.89. The number of ether oxygens (including phenoxy) is 1. The van der Waals surface area contributed by atoms with E-state index < -0.39 is 0 Å². The molecule has 5 nitrogen and oxygen atoms in total. The number of methoxy groups -OCH3 is 1. The molecule has 1 heterocycles. The molecular formula is C14H29N3O2. The molecule has 1 amide bonds. The molecule has 1 aliphatic rings. The van der Waals surface area contributed by atoms with Crippen LogP contribution < -0.4 is 5.32 Å². The fraction of sp³-hybridized carbons (Fsp3) is 0.929. The highest BCUT2D eigenvalue weighted by Gasteiger charge is 2.20. The molecule has 1 aliphatic heterocycles. The van der Waals surface area contributed by atoms with E-state index in [0.29, 0.717) is 12.3 Å². The van der Waals surface area contributed by atoms with Crippen LogP contribution in [0.1, 0.15) is 19.3 Å². The van der Waals surface area contributed by atoms with E-state index in [1.165, 1.54) is 12.8 Å². The van der Waals surface area contributed by atoms with Crippen LogP contribution in [-0.4, -0.2) is 76.2 Å². The van der Waals surface area contributed by atoms with Crippen molar-refractivity contribution in [2.75, 3.05) is 60.5 Å². The first kappa shape index (κ1) is 16.4. The number of nitrogens with one attached hydrogen (secondary N) is 1. The van der Waals surface area contributed by atoms with Gasteiger partial charge in [0.05, 0.1) is 6.61 Å². The first-order chi connectivity index (χ1) is 9.13. The van der Waals surface area contributed by atoms with Crippen LogP contribution in [0.15, 0.2) is 0 Å². The maximum absolute atomic E-state index is 11.6. The number of hydrogen-bond acceptors (Lipinski definition) is 4. The van der Waals surface area contributed by atoms with Gasteiger partial charge in [-0.05, 0) is 31.8 Å². The minimum absolute atomic E-state index is 0.223. The van der Waals surface area contributed by atoms with Gasteiger partial charge in [-0.25, -0.2) is 0 Å². The monoisotopic (exact) mass is 271 g/mol. The van der Waals surface area contributed by atoms with Crippen molar-refractivity contribution in [3.63, 3.8) is 0 Å². The van der Waals surface area contributed by atoms with Crippen LogP contribution in [0.2, 0.25) is 0 Å². The van der Waals surface area contributed by atoms with Crippen molar-refractivity contribution >= 4 is 5.91 Å². The van der Waals surface area contributed by atoms with E-state index in [0.717, 1.165) is 39.3 Å². The number of rotatable bonds is 8. The minimum atomic E-state index is 0.223. The van der Waals surface area contributed by atoms with Gasteiger partial charge in [0.15, 0.2) is 0 Å². The molecule has 0 aromatic carbocycles. The number of hydrogen-bond donors (Lipinski definition) is 1. The predicted octanol–water partition coefficient (Wildman–Crippen LogP) is 0.413. The number of amides is 1. The van der Waals surface area contributed by atoms with E-state index in [1.807, 2.05) is 14.1 Å². The Labute approximate surface area is 117 Å². The number of carbonyl (C=O) groups excluding carboxylic acids is 1. The summed E-state index contributed by atoms with van der Waals surface area (Å²) in [6, 6.07) is 0. The van der Waals surface area contributed by atoms with Crippen LogP contribution in [0, 0.1) is 5.92 Å². The zero-order valence-electron chi connectivity index (χ0n) is 12.7. The van der Waals surface area contributed by atoms with Gasteiger partial charge in [0, 0.05) is 47.3 Å². The lowest BCUT2D eigenvalue weighted by molar-refractivity contribution is -0.129. The van der Waals surface area contributed by atoms with Crippen LogP contribution in [0.5, 0.6) is 0 Å². The fourth-order valence-corrected chi connectivity index (χ4v) is 2.48. The van der Waals surface area contributed by atoms with E-state index in [2.05, 4.69) is 10.2 Å². The molecule has 5 heteroatoms. The van der Waals surface area contributed by atoms with Crippen LogP contribution in [0.3, 0.4) is 0 Å². The van der Waals surface area contributed by atoms with Crippen molar-refractivity contribution in [3.8, 4) is 0 Å². The normalized spacial score (nSPS) is 20.5. The molecule has 112 valence electrons. The Hall–Kier alpha value is -0.650. The summed E-state index contributed by atoms with van der Waals surface area (Å²) in [5.74, 6) is 0.931. The lowest BCUT2D eigenvalue weighted by Gasteiger charge is -2.33. The van der Waals surface area contributed by atoms with Crippen LogP contribution in [0.4, 0.5) is 0 Å². The molecule has 1 rings (SSSR count). The van der Waals surface area contributed by atoms with Gasteiger partial charge in [-0.3, -0.25) is 4.79 Å². The van der Waals surface area contributed by atoms with Crippen molar-refractivity contribution in [3.05, 3.63) is 0 Å². The highest BCUT2D eigenvalue weighted by atomic mass is 16.5. The Balaban J connectivity index is 2.17. The number of piperidine rings is 1. The molecule has 0 aromatic heterocycles. The van der Waals surface area contributed by atoms with Crippen LogP contribution in [-0.2, 0) is 9.53 Å². The van der Waals surface area contributed by atoms with E-state index in [4.69, 9.17) is 4.74 Å². The van der Waals surface area contributed by atoms with Crippen molar-refractivity contribution in [2.45, 2.75) is 19.3 Å². The maximum atomic E-state index is 11.6. The summed E-state index contributed by atoms with van der Waals surface area (Å²) in [6.07, 6.45) is 3.17. The molecule has 0 aliphatic carbocycles. The van der Waals surface area contributed by atoms with Crippen molar-refractivity contribution in [1.29, 1.82) is 0 Å². The summed E-state index contributed by atoms with van der Waals surface area (Å²) < 4.78 is 5.02. The average Bonchev–Trinajstić information content (AvgIpc) is 2.41. The fourth-order valence-electron chi connectivity index (χ4n) is 2.48. The first-order valence-corrected chi connectivity index (χ1v) is 7.25. The van der Waals surface area contributed by atoms with E-state index in [9.17, 15) is 4.79 Å². The van der Waals surface area contributed by atoms with Crippen molar-refractivity contribution in [1.82, 2.24) is 15.1 Å². The third-order valence-electron chi connectivity index (χ3n) is 3.66. The van der Waals surface area contributed by atoms with E-state index in [-0.39, 0.29) is 5.91 Å². The SMILES string of the molecule is COCCNCC1CCCN(CCC(=O)N(C)C)C1. The second-order valence-corrected chi connectivity index (χ2v) is 5.54. The molecule has 1 N–H and O–H groups in total. The van der Waals surface area contributed by atoms with Gasteiger partial charge in [0.1, 0.15) is 0 Å². The first-order valence-electron chi connectivity index (χ1n) is 7.25. The van der Waals surface area contributed by atoms with Gasteiger partial charge in [-0.1, -0.05) is 0 Å². The van der Waals surface area contributed by atoms with Gasteiger partial charge in [0.2, 0.25) is 5.91 Å². The topological polar surface area (TPSA) is 44.8 Å². The number of likely N-dealkylation sites (tertiary alicyclic amines) is 1. The lowest BCUT2D eigenvalue weighted by atomic mass is 9.98. The minimum Gasteiger partial charge on any atom is -0.383 e. The standard InChI is InChI=1S/C14H29N3O2/c1-16(2)14(18)6-9-17-8-4-5-13(12-17)11-15-7-10-19-3/h13,15H,4-12H2,1-3H3. The maximum Gasteiger partial charge on any atom is 0.223 e. The molecular weight excluding hydrogens is 242 g/mol. The van der Waals surface area contributed by atoms with Crippen LogP contribution in [0.25, 0.3) is 0 Å². The summed E-state index contributed by atoms with van der Waals surface area (Å²) in [7, 11) is 5.37. The summed E-state index contributed by atoms with van der Waals surface area (Å²) in [5.41, 5.74) is 0. The smallest absolute Gasteiger partial charge is 0.223 e. The summed E-state index contributed by atoms with van der Waals surface area (Å²) in [5, 5.41) is 3.43. The third-order valence-corrected chi connectivity index (χ3v) is 3.66. The van der Waals surface area contributed by atoms with Crippen molar-refractivity contribution < 1.29 is 9.53 Å². The molecule has 0 bridgehead atoms. The second-order valence-electron chi connectivity index (χ2n) is 5.54. The highest BCUT2D eigenvalue weighted by molar-refractivity contribution is 5.75. The van der Waals surface area contributed by atoms with Gasteiger partial charge in [-0.15, -0.1) is 0 Å². The molecule has 1 saturated heterocycles. The molecule has 0 aromatic rings. The Kier molecular flexibility index (Phi) is 8.02. The second kappa shape index (κ2) is 9.28. The van der Waals surface area contributed by atoms with Gasteiger partial charge in [-0.2, -0.15) is 0 Å². The van der Waals surface area contributed by atoms with Gasteiger partial charge >= 0.3 is 0 Å². The molecule has 1 atom stereocenters.